The van der Waals surface area contributed by atoms with E-state index < -0.39 is 0 Å². The van der Waals surface area contributed by atoms with Gasteiger partial charge in [-0.3, -0.25) is 0 Å². The van der Waals surface area contributed by atoms with Gasteiger partial charge in [-0.05, 0) is 55.6 Å². The van der Waals surface area contributed by atoms with Crippen LogP contribution >= 0.6 is 0 Å². The third-order valence-electron chi connectivity index (χ3n) is 7.00. The molecule has 0 aliphatic heterocycles. The molecule has 3 heteroatoms. The van der Waals surface area contributed by atoms with E-state index in [0.29, 0.717) is 17.3 Å². The summed E-state index contributed by atoms with van der Waals surface area (Å²) in [4.78, 5) is 8.85. The summed E-state index contributed by atoms with van der Waals surface area (Å²) in [6, 6.07) is 8.31. The SMILES string of the molecule is CCCCCCCCCc1ccc(-c2cnc(C3CCC(CCC)CC3)nc2F)cc1. The number of benzene rings is 1. The minimum absolute atomic E-state index is 0.320. The molecule has 0 atom stereocenters. The van der Waals surface area contributed by atoms with E-state index in [9.17, 15) is 4.39 Å². The summed E-state index contributed by atoms with van der Waals surface area (Å²) in [6.07, 6.45) is 19.3. The largest absolute Gasteiger partial charge is 0.240 e. The van der Waals surface area contributed by atoms with E-state index in [1.165, 1.54) is 76.2 Å². The average Bonchev–Trinajstić information content (AvgIpc) is 2.80. The lowest BCUT2D eigenvalue weighted by atomic mass is 9.80. The maximum Gasteiger partial charge on any atom is 0.224 e. The van der Waals surface area contributed by atoms with Gasteiger partial charge in [-0.1, -0.05) is 89.5 Å². The first-order valence-electron chi connectivity index (χ1n) is 12.8. The molecule has 0 saturated heterocycles. The van der Waals surface area contributed by atoms with Crippen LogP contribution in [0.2, 0.25) is 0 Å². The topological polar surface area (TPSA) is 25.8 Å². The Kier molecular flexibility index (Phi) is 9.96. The van der Waals surface area contributed by atoms with Gasteiger partial charge in [0, 0.05) is 12.1 Å². The number of unbranched alkanes of at least 4 members (excludes halogenated alkanes) is 6. The smallest absolute Gasteiger partial charge is 0.224 e. The van der Waals surface area contributed by atoms with Crippen molar-refractivity contribution in [1.29, 1.82) is 0 Å². The van der Waals surface area contributed by atoms with Crippen molar-refractivity contribution >= 4 is 0 Å². The second-order valence-electron chi connectivity index (χ2n) is 9.51. The van der Waals surface area contributed by atoms with Crippen LogP contribution in [0.25, 0.3) is 11.1 Å². The van der Waals surface area contributed by atoms with Crippen LogP contribution in [-0.2, 0) is 6.42 Å². The maximum absolute atomic E-state index is 14.8. The standard InChI is InChI=1S/C28H41FN2/c1-3-5-6-7-8-9-10-12-23-13-17-24(18-14-23)26-21-30-28(31-27(26)29)25-19-15-22(11-4-2)16-20-25/h13-14,17-18,21-22,25H,3-12,15-16,19-20H2,1-2H3. The zero-order valence-corrected chi connectivity index (χ0v) is 19.7. The Bertz CT molecular complexity index is 763. The molecule has 1 fully saturated rings. The first-order chi connectivity index (χ1) is 15.2. The van der Waals surface area contributed by atoms with Crippen LogP contribution in [0.15, 0.2) is 30.5 Å². The van der Waals surface area contributed by atoms with Crippen LogP contribution in [0.3, 0.4) is 0 Å². The summed E-state index contributed by atoms with van der Waals surface area (Å²) in [5, 5.41) is 0. The van der Waals surface area contributed by atoms with Crippen LogP contribution in [-0.4, -0.2) is 9.97 Å². The van der Waals surface area contributed by atoms with Gasteiger partial charge in [0.1, 0.15) is 5.82 Å². The normalized spacial score (nSPS) is 18.9. The van der Waals surface area contributed by atoms with Gasteiger partial charge in [-0.2, -0.15) is 4.39 Å². The summed E-state index contributed by atoms with van der Waals surface area (Å²) in [5.41, 5.74) is 2.73. The zero-order valence-electron chi connectivity index (χ0n) is 19.7. The first kappa shape index (κ1) is 23.9. The van der Waals surface area contributed by atoms with Crippen molar-refractivity contribution in [3.05, 3.63) is 47.8 Å². The fourth-order valence-electron chi connectivity index (χ4n) is 5.02. The Hall–Kier alpha value is -1.77. The van der Waals surface area contributed by atoms with Gasteiger partial charge < -0.3 is 0 Å². The van der Waals surface area contributed by atoms with Crippen molar-refractivity contribution < 1.29 is 4.39 Å². The van der Waals surface area contributed by atoms with E-state index >= 15 is 0 Å². The molecule has 0 unspecified atom stereocenters. The number of nitrogens with zero attached hydrogens (tertiary/aromatic N) is 2. The zero-order chi connectivity index (χ0) is 21.9. The van der Waals surface area contributed by atoms with E-state index in [4.69, 9.17) is 0 Å². The van der Waals surface area contributed by atoms with Gasteiger partial charge >= 0.3 is 0 Å². The molecule has 1 aromatic heterocycles. The van der Waals surface area contributed by atoms with Crippen LogP contribution in [0.4, 0.5) is 4.39 Å². The van der Waals surface area contributed by atoms with E-state index in [1.807, 2.05) is 12.1 Å². The molecule has 3 rings (SSSR count). The van der Waals surface area contributed by atoms with Gasteiger partial charge in [0.25, 0.3) is 0 Å². The van der Waals surface area contributed by atoms with E-state index in [-0.39, 0.29) is 5.95 Å². The lowest BCUT2D eigenvalue weighted by molar-refractivity contribution is 0.301. The van der Waals surface area contributed by atoms with Gasteiger partial charge in [0.05, 0.1) is 5.56 Å². The molecular formula is C28H41FN2. The number of aryl methyl sites for hydroxylation is 1. The second kappa shape index (κ2) is 12.9. The second-order valence-corrected chi connectivity index (χ2v) is 9.51. The fraction of sp³-hybridized carbons (Fsp3) is 0.643. The summed E-state index contributed by atoms with van der Waals surface area (Å²) in [6.45, 7) is 4.51. The Balaban J connectivity index is 1.50. The van der Waals surface area contributed by atoms with Crippen LogP contribution < -0.4 is 0 Å². The molecular weight excluding hydrogens is 383 g/mol. The summed E-state index contributed by atoms with van der Waals surface area (Å²) in [7, 11) is 0. The van der Waals surface area contributed by atoms with E-state index in [2.05, 4.69) is 35.9 Å². The lowest BCUT2D eigenvalue weighted by Gasteiger charge is -2.27. The minimum atomic E-state index is -0.375. The van der Waals surface area contributed by atoms with Crippen LogP contribution in [0, 0.1) is 11.9 Å². The van der Waals surface area contributed by atoms with Gasteiger partial charge in [-0.25, -0.2) is 9.97 Å². The number of halogens is 1. The molecule has 170 valence electrons. The predicted octanol–water partition coefficient (Wildman–Crippen LogP) is 8.65. The molecule has 1 aliphatic carbocycles. The molecule has 0 bridgehead atoms. The first-order valence-corrected chi connectivity index (χ1v) is 12.8. The third kappa shape index (κ3) is 7.40. The van der Waals surface area contributed by atoms with Crippen molar-refractivity contribution in [2.24, 2.45) is 5.92 Å². The Morgan fingerprint density at radius 3 is 2.16 bits per heavy atom. The number of hydrogen-bond acceptors (Lipinski definition) is 2. The molecule has 0 spiro atoms. The predicted molar refractivity (Wildman–Crippen MR) is 129 cm³/mol. The molecule has 1 saturated carbocycles. The molecule has 0 N–H and O–H groups in total. The molecule has 1 heterocycles. The minimum Gasteiger partial charge on any atom is -0.240 e. The highest BCUT2D eigenvalue weighted by atomic mass is 19.1. The molecule has 2 aromatic rings. The molecule has 1 aliphatic rings. The highest BCUT2D eigenvalue weighted by Crippen LogP contribution is 2.36. The summed E-state index contributed by atoms with van der Waals surface area (Å²) >= 11 is 0. The third-order valence-corrected chi connectivity index (χ3v) is 7.00. The monoisotopic (exact) mass is 424 g/mol. The number of hydrogen-bond donors (Lipinski definition) is 0. The van der Waals surface area contributed by atoms with Crippen LogP contribution in [0.5, 0.6) is 0 Å². The number of aromatic nitrogens is 2. The quantitative estimate of drug-likeness (QED) is 0.252. The van der Waals surface area contributed by atoms with Crippen molar-refractivity contribution in [1.82, 2.24) is 9.97 Å². The van der Waals surface area contributed by atoms with E-state index in [0.717, 1.165) is 30.7 Å². The van der Waals surface area contributed by atoms with Gasteiger partial charge in [0.2, 0.25) is 5.95 Å². The molecule has 31 heavy (non-hydrogen) atoms. The van der Waals surface area contributed by atoms with Crippen LogP contribution in [0.1, 0.15) is 115 Å². The summed E-state index contributed by atoms with van der Waals surface area (Å²) < 4.78 is 14.8. The maximum atomic E-state index is 14.8. The van der Waals surface area contributed by atoms with E-state index in [1.54, 1.807) is 6.20 Å². The van der Waals surface area contributed by atoms with Crippen molar-refractivity contribution in [3.8, 4) is 11.1 Å². The Labute approximate surface area is 189 Å². The molecule has 0 amide bonds. The molecule has 2 nitrogen and oxygen atoms in total. The fourth-order valence-corrected chi connectivity index (χ4v) is 5.02. The molecule has 1 aromatic carbocycles. The van der Waals surface area contributed by atoms with Crippen molar-refractivity contribution in [2.45, 2.75) is 110 Å². The average molecular weight is 425 g/mol. The Morgan fingerprint density at radius 1 is 0.839 bits per heavy atom. The lowest BCUT2D eigenvalue weighted by Crippen LogP contribution is -2.16. The van der Waals surface area contributed by atoms with Gasteiger partial charge in [0.15, 0.2) is 0 Å². The highest BCUT2D eigenvalue weighted by molar-refractivity contribution is 5.62. The van der Waals surface area contributed by atoms with Crippen molar-refractivity contribution in [3.63, 3.8) is 0 Å². The summed E-state index contributed by atoms with van der Waals surface area (Å²) in [5.74, 6) is 1.48. The number of rotatable bonds is 12. The van der Waals surface area contributed by atoms with Crippen molar-refractivity contribution in [2.75, 3.05) is 0 Å². The molecule has 0 radical (unpaired) electrons. The van der Waals surface area contributed by atoms with Gasteiger partial charge in [-0.15, -0.1) is 0 Å². The highest BCUT2D eigenvalue weighted by Gasteiger charge is 2.24. The Morgan fingerprint density at radius 2 is 1.52 bits per heavy atom.